The molecule has 0 unspecified atom stereocenters. The molecule has 0 spiro atoms. The molecule has 0 bridgehead atoms. The maximum atomic E-state index is 12.4. The minimum atomic E-state index is 0.162. The van der Waals surface area contributed by atoms with Crippen molar-refractivity contribution in [3.63, 3.8) is 0 Å². The summed E-state index contributed by atoms with van der Waals surface area (Å²) < 4.78 is 5.35. The minimum Gasteiger partial charge on any atom is -0.379 e. The van der Waals surface area contributed by atoms with Crippen molar-refractivity contribution in [1.82, 2.24) is 15.1 Å². The lowest BCUT2D eigenvalue weighted by Crippen LogP contribution is -2.45. The highest BCUT2D eigenvalue weighted by Crippen LogP contribution is 2.29. The van der Waals surface area contributed by atoms with E-state index in [4.69, 9.17) is 4.74 Å². The lowest BCUT2D eigenvalue weighted by molar-refractivity contribution is -0.134. The highest BCUT2D eigenvalue weighted by molar-refractivity contribution is 5.77. The average Bonchev–Trinajstić information content (AvgIpc) is 2.69. The van der Waals surface area contributed by atoms with Crippen LogP contribution in [-0.4, -0.2) is 74.1 Å². The number of ether oxygens (including phenoxy) is 1. The number of hydrogen-bond acceptors (Lipinski definition) is 4. The van der Waals surface area contributed by atoms with Gasteiger partial charge in [0.2, 0.25) is 11.8 Å². The molecule has 0 radical (unpaired) electrons. The highest BCUT2D eigenvalue weighted by Gasteiger charge is 2.31. The molecule has 2 amide bonds. The Hall–Kier alpha value is -1.14. The van der Waals surface area contributed by atoms with E-state index >= 15 is 0 Å². The third-order valence-corrected chi connectivity index (χ3v) is 6.06. The molecule has 1 N–H and O–H groups in total. The Bertz CT molecular complexity index is 452. The Morgan fingerprint density at radius 2 is 1.85 bits per heavy atom. The van der Waals surface area contributed by atoms with Gasteiger partial charge in [-0.1, -0.05) is 33.1 Å². The standard InChI is InChI=1S/C21H39N3O3/c1-3-5-6-7-21(26)24-10-8-19(18(4-2)17-24)16-20(25)22-9-11-23-12-14-27-15-13-23/h18-19H,3-17H2,1-2H3,(H,22,25)/t18-,19-/m0/s1. The van der Waals surface area contributed by atoms with E-state index in [1.807, 2.05) is 4.90 Å². The van der Waals surface area contributed by atoms with Gasteiger partial charge in [-0.05, 0) is 24.7 Å². The zero-order chi connectivity index (χ0) is 19.5. The van der Waals surface area contributed by atoms with E-state index in [0.717, 1.165) is 78.0 Å². The van der Waals surface area contributed by atoms with Crippen molar-refractivity contribution in [2.75, 3.05) is 52.5 Å². The normalized spacial score (nSPS) is 24.0. The summed E-state index contributed by atoms with van der Waals surface area (Å²) in [5.74, 6) is 1.31. The molecule has 2 heterocycles. The number of likely N-dealkylation sites (tertiary alicyclic amines) is 1. The van der Waals surface area contributed by atoms with Gasteiger partial charge in [-0.25, -0.2) is 0 Å². The van der Waals surface area contributed by atoms with Crippen LogP contribution in [0.5, 0.6) is 0 Å². The van der Waals surface area contributed by atoms with Crippen LogP contribution in [0.4, 0.5) is 0 Å². The second-order valence-electron chi connectivity index (χ2n) is 8.02. The van der Waals surface area contributed by atoms with Gasteiger partial charge in [0, 0.05) is 52.1 Å². The summed E-state index contributed by atoms with van der Waals surface area (Å²) >= 11 is 0. The predicted octanol–water partition coefficient (Wildman–Crippen LogP) is 2.28. The van der Waals surface area contributed by atoms with Crippen LogP contribution in [0.1, 0.15) is 58.8 Å². The van der Waals surface area contributed by atoms with Gasteiger partial charge in [0.05, 0.1) is 13.2 Å². The summed E-state index contributed by atoms with van der Waals surface area (Å²) in [6, 6.07) is 0. The Kier molecular flexibility index (Phi) is 10.1. The molecule has 156 valence electrons. The quantitative estimate of drug-likeness (QED) is 0.590. The van der Waals surface area contributed by atoms with Gasteiger partial charge in [0.25, 0.3) is 0 Å². The molecule has 6 nitrogen and oxygen atoms in total. The van der Waals surface area contributed by atoms with E-state index in [2.05, 4.69) is 24.1 Å². The van der Waals surface area contributed by atoms with Gasteiger partial charge < -0.3 is 15.0 Å². The van der Waals surface area contributed by atoms with Crippen LogP contribution in [0, 0.1) is 11.8 Å². The zero-order valence-corrected chi connectivity index (χ0v) is 17.4. The molecule has 6 heteroatoms. The topological polar surface area (TPSA) is 61.9 Å². The molecule has 2 saturated heterocycles. The zero-order valence-electron chi connectivity index (χ0n) is 17.4. The molecular formula is C21H39N3O3. The van der Waals surface area contributed by atoms with Crippen LogP contribution in [0.3, 0.4) is 0 Å². The fraction of sp³-hybridized carbons (Fsp3) is 0.905. The maximum absolute atomic E-state index is 12.4. The van der Waals surface area contributed by atoms with Crippen molar-refractivity contribution >= 4 is 11.8 Å². The fourth-order valence-corrected chi connectivity index (χ4v) is 4.21. The Morgan fingerprint density at radius 3 is 2.56 bits per heavy atom. The highest BCUT2D eigenvalue weighted by atomic mass is 16.5. The first-order chi connectivity index (χ1) is 13.1. The Labute approximate surface area is 165 Å². The molecule has 2 aliphatic heterocycles. The number of nitrogens with zero attached hydrogens (tertiary/aromatic N) is 2. The van der Waals surface area contributed by atoms with Crippen LogP contribution in [-0.2, 0) is 14.3 Å². The summed E-state index contributed by atoms with van der Waals surface area (Å²) in [6.45, 7) is 11.1. The SMILES string of the molecule is CCCCCC(=O)N1CC[C@@H](CC(=O)NCCN2CCOCC2)[C@@H](CC)C1. The van der Waals surface area contributed by atoms with Crippen LogP contribution in [0.15, 0.2) is 0 Å². The number of carbonyl (C=O) groups excluding carboxylic acids is 2. The third-order valence-electron chi connectivity index (χ3n) is 6.06. The van der Waals surface area contributed by atoms with Gasteiger partial charge in [-0.3, -0.25) is 14.5 Å². The second-order valence-corrected chi connectivity index (χ2v) is 8.02. The fourth-order valence-electron chi connectivity index (χ4n) is 4.21. The van der Waals surface area contributed by atoms with E-state index in [0.29, 0.717) is 37.1 Å². The summed E-state index contributed by atoms with van der Waals surface area (Å²) in [6.07, 6.45) is 6.53. The van der Waals surface area contributed by atoms with E-state index in [1.54, 1.807) is 0 Å². The number of piperidine rings is 1. The van der Waals surface area contributed by atoms with Crippen LogP contribution in [0.2, 0.25) is 0 Å². The number of unbranched alkanes of at least 4 members (excludes halogenated alkanes) is 2. The number of nitrogens with one attached hydrogen (secondary N) is 1. The molecule has 2 aliphatic rings. The first kappa shape index (κ1) is 22.2. The van der Waals surface area contributed by atoms with Crippen molar-refractivity contribution in [3.05, 3.63) is 0 Å². The van der Waals surface area contributed by atoms with Crippen molar-refractivity contribution in [2.45, 2.75) is 58.8 Å². The van der Waals surface area contributed by atoms with Gasteiger partial charge in [0.1, 0.15) is 0 Å². The van der Waals surface area contributed by atoms with Crippen molar-refractivity contribution < 1.29 is 14.3 Å². The smallest absolute Gasteiger partial charge is 0.222 e. The van der Waals surface area contributed by atoms with E-state index < -0.39 is 0 Å². The van der Waals surface area contributed by atoms with Crippen molar-refractivity contribution in [2.24, 2.45) is 11.8 Å². The second kappa shape index (κ2) is 12.3. The lowest BCUT2D eigenvalue weighted by Gasteiger charge is -2.38. The molecule has 0 aliphatic carbocycles. The lowest BCUT2D eigenvalue weighted by atomic mass is 9.81. The molecule has 2 fully saturated rings. The van der Waals surface area contributed by atoms with Crippen LogP contribution in [0.25, 0.3) is 0 Å². The average molecular weight is 382 g/mol. The summed E-state index contributed by atoms with van der Waals surface area (Å²) in [5.41, 5.74) is 0. The number of amides is 2. The molecule has 0 saturated carbocycles. The molecule has 2 atom stereocenters. The van der Waals surface area contributed by atoms with E-state index in [-0.39, 0.29) is 5.91 Å². The van der Waals surface area contributed by atoms with Crippen molar-refractivity contribution in [3.8, 4) is 0 Å². The maximum Gasteiger partial charge on any atom is 0.222 e. The predicted molar refractivity (Wildman–Crippen MR) is 107 cm³/mol. The summed E-state index contributed by atoms with van der Waals surface area (Å²) in [4.78, 5) is 29.1. The third kappa shape index (κ3) is 7.78. The van der Waals surface area contributed by atoms with Gasteiger partial charge in [-0.15, -0.1) is 0 Å². The molecule has 0 aromatic heterocycles. The van der Waals surface area contributed by atoms with Gasteiger partial charge in [0.15, 0.2) is 0 Å². The molecule has 0 aromatic rings. The number of morpholine rings is 1. The number of hydrogen-bond donors (Lipinski definition) is 1. The number of rotatable bonds is 10. The Balaban J connectivity index is 1.68. The van der Waals surface area contributed by atoms with Crippen LogP contribution < -0.4 is 5.32 Å². The first-order valence-electron chi connectivity index (χ1n) is 11.0. The van der Waals surface area contributed by atoms with Crippen LogP contribution >= 0.6 is 0 Å². The number of carbonyl (C=O) groups is 2. The monoisotopic (exact) mass is 381 g/mol. The Morgan fingerprint density at radius 1 is 1.07 bits per heavy atom. The van der Waals surface area contributed by atoms with Gasteiger partial charge >= 0.3 is 0 Å². The summed E-state index contributed by atoms with van der Waals surface area (Å²) in [7, 11) is 0. The van der Waals surface area contributed by atoms with E-state index in [9.17, 15) is 9.59 Å². The molecule has 27 heavy (non-hydrogen) atoms. The van der Waals surface area contributed by atoms with E-state index in [1.165, 1.54) is 0 Å². The first-order valence-corrected chi connectivity index (χ1v) is 11.0. The molecule has 0 aromatic carbocycles. The largest absolute Gasteiger partial charge is 0.379 e. The summed E-state index contributed by atoms with van der Waals surface area (Å²) in [5, 5.41) is 3.09. The molecule has 2 rings (SSSR count). The van der Waals surface area contributed by atoms with Gasteiger partial charge in [-0.2, -0.15) is 0 Å². The van der Waals surface area contributed by atoms with Crippen molar-refractivity contribution in [1.29, 1.82) is 0 Å². The minimum absolute atomic E-state index is 0.162. The molecular weight excluding hydrogens is 342 g/mol.